The minimum absolute atomic E-state index is 0.211. The van der Waals surface area contributed by atoms with E-state index in [0.717, 1.165) is 30.7 Å². The molecule has 2 rings (SSSR count). The van der Waals surface area contributed by atoms with E-state index in [9.17, 15) is 4.79 Å². The highest BCUT2D eigenvalue weighted by atomic mass is 16.5. The smallest absolute Gasteiger partial charge is 0.140 e. The van der Waals surface area contributed by atoms with Crippen molar-refractivity contribution in [3.05, 3.63) is 17.0 Å². The van der Waals surface area contributed by atoms with E-state index in [1.54, 1.807) is 6.92 Å². The van der Waals surface area contributed by atoms with Gasteiger partial charge in [0.05, 0.1) is 5.69 Å². The van der Waals surface area contributed by atoms with Gasteiger partial charge in [-0.1, -0.05) is 5.16 Å². The number of Topliss-reactive ketones (excluding diaryl/α,β-unsaturated/α-hetero) is 1. The Morgan fingerprint density at radius 2 is 2.38 bits per heavy atom. The van der Waals surface area contributed by atoms with Crippen LogP contribution in [-0.2, 0) is 24.1 Å². The van der Waals surface area contributed by atoms with Crippen molar-refractivity contribution in [2.75, 3.05) is 0 Å². The van der Waals surface area contributed by atoms with Crippen LogP contribution in [0, 0.1) is 0 Å². The number of rotatable bonds is 3. The number of ketones is 1. The fraction of sp³-hybridized carbons (Fsp3) is 0.600. The van der Waals surface area contributed by atoms with Crippen LogP contribution in [0.4, 0.5) is 0 Å². The standard InChI is InChI=1S/C10H13NO2/c1-7(12)5-6-10-8-3-2-4-9(8)11-13-10/h2-6H2,1H3. The fourth-order valence-electron chi connectivity index (χ4n) is 1.78. The van der Waals surface area contributed by atoms with Gasteiger partial charge in [0, 0.05) is 18.4 Å². The Kier molecular flexibility index (Phi) is 2.17. The lowest BCUT2D eigenvalue weighted by molar-refractivity contribution is -0.117. The predicted octanol–water partition coefficient (Wildman–Crippen LogP) is 1.68. The summed E-state index contributed by atoms with van der Waals surface area (Å²) in [5.41, 5.74) is 2.37. The molecule has 0 bridgehead atoms. The summed E-state index contributed by atoms with van der Waals surface area (Å²) in [6.45, 7) is 1.61. The molecule has 1 aromatic heterocycles. The maximum atomic E-state index is 10.8. The molecule has 0 fully saturated rings. The third-order valence-corrected chi connectivity index (χ3v) is 2.50. The normalized spacial score (nSPS) is 14.5. The van der Waals surface area contributed by atoms with Crippen molar-refractivity contribution in [1.82, 2.24) is 5.16 Å². The minimum Gasteiger partial charge on any atom is -0.361 e. The predicted molar refractivity (Wildman–Crippen MR) is 47.5 cm³/mol. The average molecular weight is 179 g/mol. The molecule has 0 amide bonds. The van der Waals surface area contributed by atoms with Gasteiger partial charge in [-0.25, -0.2) is 0 Å². The lowest BCUT2D eigenvalue weighted by Crippen LogP contribution is -1.95. The van der Waals surface area contributed by atoms with Gasteiger partial charge in [-0.05, 0) is 26.2 Å². The van der Waals surface area contributed by atoms with Crippen molar-refractivity contribution in [3.8, 4) is 0 Å². The highest BCUT2D eigenvalue weighted by Gasteiger charge is 2.20. The molecule has 0 spiro atoms. The van der Waals surface area contributed by atoms with Gasteiger partial charge in [0.2, 0.25) is 0 Å². The zero-order valence-corrected chi connectivity index (χ0v) is 7.80. The molecule has 1 aliphatic rings. The van der Waals surface area contributed by atoms with Gasteiger partial charge >= 0.3 is 0 Å². The quantitative estimate of drug-likeness (QED) is 0.709. The lowest BCUT2D eigenvalue weighted by atomic mass is 10.1. The first-order valence-corrected chi connectivity index (χ1v) is 4.73. The molecule has 1 heterocycles. The van der Waals surface area contributed by atoms with Crippen molar-refractivity contribution < 1.29 is 9.32 Å². The minimum atomic E-state index is 0.211. The van der Waals surface area contributed by atoms with Gasteiger partial charge < -0.3 is 9.32 Å². The zero-order chi connectivity index (χ0) is 9.26. The van der Waals surface area contributed by atoms with Crippen LogP contribution in [0.5, 0.6) is 0 Å². The molecule has 13 heavy (non-hydrogen) atoms. The third-order valence-electron chi connectivity index (χ3n) is 2.50. The molecule has 0 N–H and O–H groups in total. The molecule has 0 atom stereocenters. The summed E-state index contributed by atoms with van der Waals surface area (Å²) in [6.07, 6.45) is 4.59. The first-order valence-electron chi connectivity index (χ1n) is 4.73. The third kappa shape index (κ3) is 1.64. The Hall–Kier alpha value is -1.12. The van der Waals surface area contributed by atoms with Gasteiger partial charge in [-0.15, -0.1) is 0 Å². The van der Waals surface area contributed by atoms with Gasteiger partial charge in [0.15, 0.2) is 0 Å². The number of nitrogens with zero attached hydrogens (tertiary/aromatic N) is 1. The summed E-state index contributed by atoms with van der Waals surface area (Å²) in [4.78, 5) is 10.8. The molecular weight excluding hydrogens is 166 g/mol. The van der Waals surface area contributed by atoms with E-state index < -0.39 is 0 Å². The molecule has 0 aliphatic heterocycles. The van der Waals surface area contributed by atoms with Gasteiger partial charge in [0.1, 0.15) is 11.5 Å². The van der Waals surface area contributed by atoms with Crippen molar-refractivity contribution in [2.45, 2.75) is 39.0 Å². The first kappa shape index (κ1) is 8.48. The summed E-state index contributed by atoms with van der Waals surface area (Å²) in [5.74, 6) is 1.14. The molecule has 0 saturated carbocycles. The molecule has 0 aromatic carbocycles. The van der Waals surface area contributed by atoms with Crippen molar-refractivity contribution >= 4 is 5.78 Å². The Balaban J connectivity index is 2.08. The Bertz CT molecular complexity index is 328. The molecule has 0 saturated heterocycles. The molecule has 1 aromatic rings. The van der Waals surface area contributed by atoms with E-state index in [2.05, 4.69) is 5.16 Å². The number of carbonyl (C=O) groups is 1. The van der Waals surface area contributed by atoms with E-state index in [1.807, 2.05) is 0 Å². The summed E-state index contributed by atoms with van der Waals surface area (Å²) in [6, 6.07) is 0. The molecule has 70 valence electrons. The average Bonchev–Trinajstić information content (AvgIpc) is 2.60. The molecule has 0 radical (unpaired) electrons. The van der Waals surface area contributed by atoms with Crippen molar-refractivity contribution in [3.63, 3.8) is 0 Å². The number of fused-ring (bicyclic) bond motifs is 1. The van der Waals surface area contributed by atoms with E-state index in [-0.39, 0.29) is 5.78 Å². The topological polar surface area (TPSA) is 43.1 Å². The molecule has 1 aliphatic carbocycles. The molecular formula is C10H13NO2. The van der Waals surface area contributed by atoms with Crippen LogP contribution >= 0.6 is 0 Å². The number of aromatic nitrogens is 1. The molecule has 0 unspecified atom stereocenters. The van der Waals surface area contributed by atoms with E-state index in [4.69, 9.17) is 4.52 Å². The maximum Gasteiger partial charge on any atom is 0.140 e. The number of aryl methyl sites for hydroxylation is 2. The molecule has 3 nitrogen and oxygen atoms in total. The van der Waals surface area contributed by atoms with Gasteiger partial charge in [-0.2, -0.15) is 0 Å². The van der Waals surface area contributed by atoms with E-state index in [0.29, 0.717) is 6.42 Å². The first-order chi connectivity index (χ1) is 6.27. The van der Waals surface area contributed by atoms with Crippen LogP contribution in [0.15, 0.2) is 4.52 Å². The second kappa shape index (κ2) is 3.32. The van der Waals surface area contributed by atoms with Gasteiger partial charge in [-0.3, -0.25) is 0 Å². The summed E-state index contributed by atoms with van der Waals surface area (Å²) in [5, 5.41) is 3.99. The molecule has 3 heteroatoms. The monoisotopic (exact) mass is 179 g/mol. The SMILES string of the molecule is CC(=O)CCc1onc2c1CCC2. The van der Waals surface area contributed by atoms with Crippen LogP contribution in [-0.4, -0.2) is 10.9 Å². The Morgan fingerprint density at radius 3 is 3.15 bits per heavy atom. The van der Waals surface area contributed by atoms with Crippen LogP contribution in [0.25, 0.3) is 0 Å². The largest absolute Gasteiger partial charge is 0.361 e. The zero-order valence-electron chi connectivity index (χ0n) is 7.80. The fourth-order valence-corrected chi connectivity index (χ4v) is 1.78. The Labute approximate surface area is 77.1 Å². The van der Waals surface area contributed by atoms with Crippen molar-refractivity contribution in [1.29, 1.82) is 0 Å². The summed E-state index contributed by atoms with van der Waals surface area (Å²) >= 11 is 0. The van der Waals surface area contributed by atoms with Crippen LogP contribution in [0.2, 0.25) is 0 Å². The van der Waals surface area contributed by atoms with Crippen LogP contribution < -0.4 is 0 Å². The van der Waals surface area contributed by atoms with E-state index >= 15 is 0 Å². The Morgan fingerprint density at radius 1 is 1.54 bits per heavy atom. The highest BCUT2D eigenvalue weighted by molar-refractivity contribution is 5.75. The highest BCUT2D eigenvalue weighted by Crippen LogP contribution is 2.25. The summed E-state index contributed by atoms with van der Waals surface area (Å²) < 4.78 is 5.19. The van der Waals surface area contributed by atoms with E-state index in [1.165, 1.54) is 12.0 Å². The second-order valence-electron chi connectivity index (χ2n) is 3.59. The van der Waals surface area contributed by atoms with Crippen LogP contribution in [0.3, 0.4) is 0 Å². The van der Waals surface area contributed by atoms with Gasteiger partial charge in [0.25, 0.3) is 0 Å². The van der Waals surface area contributed by atoms with Crippen molar-refractivity contribution in [2.24, 2.45) is 0 Å². The summed E-state index contributed by atoms with van der Waals surface area (Å²) in [7, 11) is 0. The number of carbonyl (C=O) groups excluding carboxylic acids is 1. The maximum absolute atomic E-state index is 10.8. The lowest BCUT2D eigenvalue weighted by Gasteiger charge is -1.94. The number of hydrogen-bond donors (Lipinski definition) is 0. The number of hydrogen-bond acceptors (Lipinski definition) is 3. The van der Waals surface area contributed by atoms with Crippen LogP contribution in [0.1, 0.15) is 36.8 Å². The second-order valence-corrected chi connectivity index (χ2v) is 3.59.